The lowest BCUT2D eigenvalue weighted by molar-refractivity contribution is 0.786. The minimum absolute atomic E-state index is 1.08. The van der Waals surface area contributed by atoms with Crippen LogP contribution in [-0.2, 0) is 0 Å². The average Bonchev–Trinajstić information content (AvgIpc) is 2.57. The van der Waals surface area contributed by atoms with E-state index in [0.717, 1.165) is 17.6 Å². The van der Waals surface area contributed by atoms with E-state index in [2.05, 4.69) is 44.6 Å². The van der Waals surface area contributed by atoms with Crippen LogP contribution < -0.4 is 10.4 Å². The van der Waals surface area contributed by atoms with Gasteiger partial charge in [0.05, 0.1) is 5.69 Å². The van der Waals surface area contributed by atoms with Gasteiger partial charge in [0.15, 0.2) is 0 Å². The third-order valence-electron chi connectivity index (χ3n) is 2.00. The highest BCUT2D eigenvalue weighted by Crippen LogP contribution is 2.25. The van der Waals surface area contributed by atoms with Crippen LogP contribution in [0.2, 0.25) is 0 Å². The third-order valence-corrected chi connectivity index (χ3v) is 2.67. The largest absolute Gasteiger partial charge is 0.307 e. The standard InChI is InChI=1S/C9H11BrN2/c10-8-4-1-2-5-9(8)12-7-3-6-11-12/h1-2,4-5,11H,3,6-7H2. The zero-order valence-electron chi connectivity index (χ0n) is 6.76. The molecule has 1 aliphatic rings. The average molecular weight is 227 g/mol. The number of benzene rings is 1. The topological polar surface area (TPSA) is 15.3 Å². The molecule has 0 amide bonds. The zero-order chi connectivity index (χ0) is 8.39. The maximum absolute atomic E-state index is 3.52. The molecule has 2 rings (SSSR count). The Labute approximate surface area is 80.7 Å². The van der Waals surface area contributed by atoms with E-state index in [-0.39, 0.29) is 0 Å². The molecule has 2 nitrogen and oxygen atoms in total. The van der Waals surface area contributed by atoms with Crippen LogP contribution in [0.3, 0.4) is 0 Å². The minimum atomic E-state index is 1.08. The molecule has 0 aliphatic carbocycles. The van der Waals surface area contributed by atoms with E-state index in [0.29, 0.717) is 0 Å². The minimum Gasteiger partial charge on any atom is -0.307 e. The first-order valence-corrected chi connectivity index (χ1v) is 4.93. The first-order chi connectivity index (χ1) is 5.88. The van der Waals surface area contributed by atoms with Gasteiger partial charge in [-0.25, -0.2) is 5.43 Å². The molecule has 0 atom stereocenters. The van der Waals surface area contributed by atoms with Crippen molar-refractivity contribution in [2.24, 2.45) is 0 Å². The van der Waals surface area contributed by atoms with Crippen molar-refractivity contribution in [2.45, 2.75) is 6.42 Å². The number of nitrogens with zero attached hydrogens (tertiary/aromatic N) is 1. The Morgan fingerprint density at radius 2 is 2.17 bits per heavy atom. The normalized spacial score (nSPS) is 16.9. The van der Waals surface area contributed by atoms with Crippen LogP contribution in [0.15, 0.2) is 28.7 Å². The number of para-hydroxylation sites is 1. The Bertz CT molecular complexity index is 269. The van der Waals surface area contributed by atoms with Gasteiger partial charge in [-0.1, -0.05) is 12.1 Å². The molecule has 0 aromatic heterocycles. The van der Waals surface area contributed by atoms with Crippen molar-refractivity contribution in [2.75, 3.05) is 18.1 Å². The number of hydrogen-bond donors (Lipinski definition) is 1. The Morgan fingerprint density at radius 3 is 2.83 bits per heavy atom. The highest BCUT2D eigenvalue weighted by molar-refractivity contribution is 9.10. The zero-order valence-corrected chi connectivity index (χ0v) is 8.34. The molecule has 0 saturated carbocycles. The number of hydrogen-bond acceptors (Lipinski definition) is 2. The predicted octanol–water partition coefficient (Wildman–Crippen LogP) is 2.16. The molecule has 1 aromatic rings. The Hall–Kier alpha value is -0.540. The van der Waals surface area contributed by atoms with Crippen molar-refractivity contribution >= 4 is 21.6 Å². The molecule has 0 spiro atoms. The fraction of sp³-hybridized carbons (Fsp3) is 0.333. The lowest BCUT2D eigenvalue weighted by Crippen LogP contribution is -2.30. The van der Waals surface area contributed by atoms with Gasteiger partial charge >= 0.3 is 0 Å². The number of hydrazine groups is 1. The maximum atomic E-state index is 3.52. The summed E-state index contributed by atoms with van der Waals surface area (Å²) in [6.07, 6.45) is 1.22. The molecule has 1 aliphatic heterocycles. The molecule has 12 heavy (non-hydrogen) atoms. The Morgan fingerprint density at radius 1 is 1.33 bits per heavy atom. The van der Waals surface area contributed by atoms with E-state index in [1.165, 1.54) is 12.1 Å². The van der Waals surface area contributed by atoms with Crippen molar-refractivity contribution < 1.29 is 0 Å². The highest BCUT2D eigenvalue weighted by Gasteiger charge is 2.12. The summed E-state index contributed by atoms with van der Waals surface area (Å²) in [5.41, 5.74) is 4.55. The van der Waals surface area contributed by atoms with E-state index in [1.54, 1.807) is 0 Å². The summed E-state index contributed by atoms with van der Waals surface area (Å²) < 4.78 is 1.15. The molecule has 3 heteroatoms. The summed E-state index contributed by atoms with van der Waals surface area (Å²) in [5, 5.41) is 2.18. The fourth-order valence-electron chi connectivity index (χ4n) is 1.41. The van der Waals surface area contributed by atoms with E-state index in [4.69, 9.17) is 0 Å². The maximum Gasteiger partial charge on any atom is 0.0661 e. The monoisotopic (exact) mass is 226 g/mol. The quantitative estimate of drug-likeness (QED) is 0.790. The smallest absolute Gasteiger partial charge is 0.0661 e. The van der Waals surface area contributed by atoms with Crippen molar-refractivity contribution in [1.29, 1.82) is 0 Å². The Kier molecular flexibility index (Phi) is 2.33. The van der Waals surface area contributed by atoms with Gasteiger partial charge < -0.3 is 5.01 Å². The van der Waals surface area contributed by atoms with Crippen LogP contribution in [0.4, 0.5) is 5.69 Å². The molecule has 64 valence electrons. The van der Waals surface area contributed by atoms with Gasteiger partial charge in [0.25, 0.3) is 0 Å². The van der Waals surface area contributed by atoms with Crippen LogP contribution in [0.25, 0.3) is 0 Å². The van der Waals surface area contributed by atoms with Gasteiger partial charge in [0.1, 0.15) is 0 Å². The van der Waals surface area contributed by atoms with Crippen molar-refractivity contribution in [1.82, 2.24) is 5.43 Å². The Balaban J connectivity index is 2.26. The van der Waals surface area contributed by atoms with Gasteiger partial charge in [-0.2, -0.15) is 0 Å². The fourth-order valence-corrected chi connectivity index (χ4v) is 1.91. The molecule has 1 saturated heterocycles. The number of rotatable bonds is 1. The lowest BCUT2D eigenvalue weighted by Gasteiger charge is -2.18. The second-order valence-electron chi connectivity index (χ2n) is 2.86. The van der Waals surface area contributed by atoms with Crippen LogP contribution >= 0.6 is 15.9 Å². The molecule has 0 bridgehead atoms. The summed E-state index contributed by atoms with van der Waals surface area (Å²) >= 11 is 3.52. The SMILES string of the molecule is Brc1ccccc1N1CCCN1. The molecule has 1 aromatic carbocycles. The first kappa shape index (κ1) is 8.08. The van der Waals surface area contributed by atoms with E-state index < -0.39 is 0 Å². The molecular weight excluding hydrogens is 216 g/mol. The second-order valence-corrected chi connectivity index (χ2v) is 3.72. The van der Waals surface area contributed by atoms with Gasteiger partial charge in [-0.05, 0) is 34.5 Å². The van der Waals surface area contributed by atoms with Crippen LogP contribution in [0.1, 0.15) is 6.42 Å². The molecular formula is C9H11BrN2. The number of nitrogens with one attached hydrogen (secondary N) is 1. The first-order valence-electron chi connectivity index (χ1n) is 4.13. The van der Waals surface area contributed by atoms with Gasteiger partial charge in [-0.3, -0.25) is 0 Å². The molecule has 1 heterocycles. The number of anilines is 1. The predicted molar refractivity (Wildman–Crippen MR) is 54.1 cm³/mol. The summed E-state index contributed by atoms with van der Waals surface area (Å²) in [6, 6.07) is 8.27. The third kappa shape index (κ3) is 1.47. The van der Waals surface area contributed by atoms with E-state index in [9.17, 15) is 0 Å². The van der Waals surface area contributed by atoms with Gasteiger partial charge in [0.2, 0.25) is 0 Å². The summed E-state index contributed by atoms with van der Waals surface area (Å²) in [4.78, 5) is 0. The molecule has 0 unspecified atom stereocenters. The van der Waals surface area contributed by atoms with E-state index in [1.807, 2.05) is 6.07 Å². The molecule has 1 fully saturated rings. The van der Waals surface area contributed by atoms with Crippen molar-refractivity contribution in [3.63, 3.8) is 0 Å². The van der Waals surface area contributed by atoms with Crippen LogP contribution in [0, 0.1) is 0 Å². The van der Waals surface area contributed by atoms with Gasteiger partial charge in [-0.15, -0.1) is 0 Å². The summed E-state index contributed by atoms with van der Waals surface area (Å²) in [5.74, 6) is 0. The van der Waals surface area contributed by atoms with Crippen molar-refractivity contribution in [3.8, 4) is 0 Å². The number of halogens is 1. The summed E-state index contributed by atoms with van der Waals surface area (Å²) in [7, 11) is 0. The molecule has 0 radical (unpaired) electrons. The van der Waals surface area contributed by atoms with Gasteiger partial charge in [0, 0.05) is 17.6 Å². The summed E-state index contributed by atoms with van der Waals surface area (Å²) in [6.45, 7) is 2.18. The molecule has 1 N–H and O–H groups in total. The van der Waals surface area contributed by atoms with Crippen LogP contribution in [0.5, 0.6) is 0 Å². The highest BCUT2D eigenvalue weighted by atomic mass is 79.9. The van der Waals surface area contributed by atoms with Crippen molar-refractivity contribution in [3.05, 3.63) is 28.7 Å². The lowest BCUT2D eigenvalue weighted by atomic mass is 10.3. The van der Waals surface area contributed by atoms with E-state index >= 15 is 0 Å². The van der Waals surface area contributed by atoms with Crippen LogP contribution in [-0.4, -0.2) is 13.1 Å². The second kappa shape index (κ2) is 3.46.